The first kappa shape index (κ1) is 25.0. The summed E-state index contributed by atoms with van der Waals surface area (Å²) >= 11 is 0. The van der Waals surface area contributed by atoms with E-state index in [2.05, 4.69) is 34.2 Å². The zero-order valence-electron chi connectivity index (χ0n) is 18.5. The second-order valence-corrected chi connectivity index (χ2v) is 7.81. The van der Waals surface area contributed by atoms with E-state index in [-0.39, 0.29) is 30.1 Å². The second-order valence-electron chi connectivity index (χ2n) is 7.81. The van der Waals surface area contributed by atoms with Crippen LogP contribution in [0.15, 0.2) is 17.1 Å². The standard InChI is InChI=1S/C22H36N4O3.HI/c1-4-23-22(24-9-5-10-25-11-7-19(27)8-12-25)26-13-6-17-14-20(28-2)21(29-3)15-18(17)16-26;/h14-15,19,27H,4-13,16H2,1-3H3,(H,23,24);1H. The molecule has 0 spiro atoms. The van der Waals surface area contributed by atoms with Gasteiger partial charge in [0.2, 0.25) is 0 Å². The van der Waals surface area contributed by atoms with Crippen LogP contribution in [0.4, 0.5) is 0 Å². The third-order valence-electron chi connectivity index (χ3n) is 5.80. The van der Waals surface area contributed by atoms with E-state index >= 15 is 0 Å². The molecule has 1 saturated heterocycles. The zero-order valence-corrected chi connectivity index (χ0v) is 20.9. The predicted molar refractivity (Wildman–Crippen MR) is 131 cm³/mol. The fourth-order valence-electron chi connectivity index (χ4n) is 4.11. The Morgan fingerprint density at radius 1 is 1.13 bits per heavy atom. The van der Waals surface area contributed by atoms with Gasteiger partial charge in [0.15, 0.2) is 17.5 Å². The molecule has 8 heteroatoms. The molecule has 1 aromatic rings. The first-order valence-corrected chi connectivity index (χ1v) is 10.8. The largest absolute Gasteiger partial charge is 0.493 e. The third kappa shape index (κ3) is 6.62. The van der Waals surface area contributed by atoms with Gasteiger partial charge in [0.25, 0.3) is 0 Å². The number of aliphatic hydroxyl groups is 1. The van der Waals surface area contributed by atoms with Crippen molar-refractivity contribution in [2.45, 2.75) is 45.3 Å². The molecule has 0 aromatic heterocycles. The molecule has 7 nitrogen and oxygen atoms in total. The fraction of sp³-hybridized carbons (Fsp3) is 0.682. The number of nitrogens with zero attached hydrogens (tertiary/aromatic N) is 3. The number of aliphatic imine (C=N–C) groups is 1. The highest BCUT2D eigenvalue weighted by atomic mass is 127. The van der Waals surface area contributed by atoms with Crippen LogP contribution in [0.25, 0.3) is 0 Å². The van der Waals surface area contributed by atoms with Crippen LogP contribution >= 0.6 is 24.0 Å². The summed E-state index contributed by atoms with van der Waals surface area (Å²) in [6.45, 7) is 8.60. The van der Waals surface area contributed by atoms with Gasteiger partial charge in [-0.3, -0.25) is 4.99 Å². The summed E-state index contributed by atoms with van der Waals surface area (Å²) in [5, 5.41) is 13.1. The Balaban J connectivity index is 0.00000320. The number of methoxy groups -OCH3 is 2. The molecule has 0 radical (unpaired) electrons. The molecule has 30 heavy (non-hydrogen) atoms. The smallest absolute Gasteiger partial charge is 0.194 e. The number of halogens is 1. The lowest BCUT2D eigenvalue weighted by molar-refractivity contribution is 0.0824. The van der Waals surface area contributed by atoms with Gasteiger partial charge in [-0.1, -0.05) is 0 Å². The molecule has 0 aliphatic carbocycles. The van der Waals surface area contributed by atoms with Gasteiger partial charge in [-0.05, 0) is 62.4 Å². The van der Waals surface area contributed by atoms with E-state index in [1.165, 1.54) is 11.1 Å². The van der Waals surface area contributed by atoms with Gasteiger partial charge in [-0.15, -0.1) is 24.0 Å². The van der Waals surface area contributed by atoms with Crippen LogP contribution in [0, 0.1) is 0 Å². The van der Waals surface area contributed by atoms with Crippen LogP contribution < -0.4 is 14.8 Å². The van der Waals surface area contributed by atoms with Crippen molar-refractivity contribution >= 4 is 29.9 Å². The number of ether oxygens (including phenoxy) is 2. The highest BCUT2D eigenvalue weighted by Crippen LogP contribution is 2.33. The van der Waals surface area contributed by atoms with Crippen LogP contribution in [0.1, 0.15) is 37.3 Å². The minimum Gasteiger partial charge on any atom is -0.493 e. The van der Waals surface area contributed by atoms with E-state index in [1.807, 2.05) is 0 Å². The number of piperidine rings is 1. The number of rotatable bonds is 7. The maximum Gasteiger partial charge on any atom is 0.194 e. The number of benzene rings is 1. The second kappa shape index (κ2) is 12.6. The number of likely N-dealkylation sites (tertiary alicyclic amines) is 1. The van der Waals surface area contributed by atoms with E-state index in [4.69, 9.17) is 14.5 Å². The molecule has 0 unspecified atom stereocenters. The lowest BCUT2D eigenvalue weighted by Crippen LogP contribution is -2.44. The molecule has 2 aliphatic rings. The van der Waals surface area contributed by atoms with Gasteiger partial charge < -0.3 is 29.7 Å². The van der Waals surface area contributed by atoms with Crippen LogP contribution in [-0.2, 0) is 13.0 Å². The monoisotopic (exact) mass is 532 g/mol. The average molecular weight is 532 g/mol. The highest BCUT2D eigenvalue weighted by molar-refractivity contribution is 14.0. The summed E-state index contributed by atoms with van der Waals surface area (Å²) in [4.78, 5) is 9.65. The van der Waals surface area contributed by atoms with Crippen molar-refractivity contribution in [2.75, 3.05) is 53.5 Å². The van der Waals surface area contributed by atoms with Gasteiger partial charge in [0, 0.05) is 39.3 Å². The lowest BCUT2D eigenvalue weighted by Gasteiger charge is -2.32. The molecular formula is C22H37IN4O3. The quantitative estimate of drug-likeness (QED) is 0.244. The Morgan fingerprint density at radius 2 is 1.80 bits per heavy atom. The van der Waals surface area contributed by atoms with Crippen molar-refractivity contribution in [3.8, 4) is 11.5 Å². The molecule has 2 heterocycles. The summed E-state index contributed by atoms with van der Waals surface area (Å²) < 4.78 is 10.9. The van der Waals surface area contributed by atoms with Crippen molar-refractivity contribution in [3.05, 3.63) is 23.3 Å². The maximum absolute atomic E-state index is 9.63. The fourth-order valence-corrected chi connectivity index (χ4v) is 4.11. The normalized spacial score (nSPS) is 17.9. The van der Waals surface area contributed by atoms with Crippen molar-refractivity contribution in [1.82, 2.24) is 15.1 Å². The van der Waals surface area contributed by atoms with Gasteiger partial charge in [0.05, 0.1) is 20.3 Å². The zero-order chi connectivity index (χ0) is 20.6. The number of fused-ring (bicyclic) bond motifs is 1. The Morgan fingerprint density at radius 3 is 2.43 bits per heavy atom. The number of guanidine groups is 1. The van der Waals surface area contributed by atoms with Gasteiger partial charge in [0.1, 0.15) is 0 Å². The Kier molecular flexibility index (Phi) is 10.5. The van der Waals surface area contributed by atoms with E-state index in [9.17, 15) is 5.11 Å². The topological polar surface area (TPSA) is 69.6 Å². The van der Waals surface area contributed by atoms with Crippen LogP contribution in [0.2, 0.25) is 0 Å². The number of hydrogen-bond acceptors (Lipinski definition) is 5. The summed E-state index contributed by atoms with van der Waals surface area (Å²) in [5.74, 6) is 2.56. The lowest BCUT2D eigenvalue weighted by atomic mass is 9.99. The highest BCUT2D eigenvalue weighted by Gasteiger charge is 2.22. The summed E-state index contributed by atoms with van der Waals surface area (Å²) in [6.07, 6.45) is 3.70. The summed E-state index contributed by atoms with van der Waals surface area (Å²) in [7, 11) is 3.36. The minimum absolute atomic E-state index is 0. The van der Waals surface area contributed by atoms with E-state index in [0.29, 0.717) is 0 Å². The van der Waals surface area contributed by atoms with Crippen molar-refractivity contribution in [2.24, 2.45) is 4.99 Å². The minimum atomic E-state index is -0.106. The van der Waals surface area contributed by atoms with E-state index in [0.717, 1.165) is 89.0 Å². The van der Waals surface area contributed by atoms with E-state index < -0.39 is 0 Å². The summed E-state index contributed by atoms with van der Waals surface area (Å²) in [6, 6.07) is 4.19. The van der Waals surface area contributed by atoms with Crippen LogP contribution in [0.5, 0.6) is 11.5 Å². The SMILES string of the molecule is CCNC(=NCCCN1CCC(O)CC1)N1CCc2cc(OC)c(OC)cc2C1.I. The van der Waals surface area contributed by atoms with Crippen molar-refractivity contribution in [3.63, 3.8) is 0 Å². The third-order valence-corrected chi connectivity index (χ3v) is 5.80. The number of nitrogens with one attached hydrogen (secondary N) is 1. The van der Waals surface area contributed by atoms with Gasteiger partial charge in [-0.2, -0.15) is 0 Å². The first-order valence-electron chi connectivity index (χ1n) is 10.8. The first-order chi connectivity index (χ1) is 14.1. The molecule has 2 N–H and O–H groups in total. The molecule has 1 aromatic carbocycles. The molecule has 1 fully saturated rings. The Labute approximate surface area is 197 Å². The average Bonchev–Trinajstić information content (AvgIpc) is 2.75. The Hall–Kier alpha value is -1.26. The van der Waals surface area contributed by atoms with Crippen molar-refractivity contribution in [1.29, 1.82) is 0 Å². The van der Waals surface area contributed by atoms with Gasteiger partial charge >= 0.3 is 0 Å². The van der Waals surface area contributed by atoms with Crippen LogP contribution in [-0.4, -0.2) is 80.5 Å². The molecule has 0 atom stereocenters. The predicted octanol–water partition coefficient (Wildman–Crippen LogP) is 2.49. The Bertz CT molecular complexity index is 693. The molecule has 2 aliphatic heterocycles. The molecule has 0 saturated carbocycles. The molecule has 0 bridgehead atoms. The molecule has 0 amide bonds. The molecule has 3 rings (SSSR count). The van der Waals surface area contributed by atoms with Crippen LogP contribution in [0.3, 0.4) is 0 Å². The molecular weight excluding hydrogens is 495 g/mol. The summed E-state index contributed by atoms with van der Waals surface area (Å²) in [5.41, 5.74) is 2.59. The van der Waals surface area contributed by atoms with E-state index in [1.54, 1.807) is 14.2 Å². The van der Waals surface area contributed by atoms with Crippen molar-refractivity contribution < 1.29 is 14.6 Å². The van der Waals surface area contributed by atoms with Gasteiger partial charge in [-0.25, -0.2) is 0 Å². The maximum atomic E-state index is 9.63. The number of aliphatic hydroxyl groups excluding tert-OH is 1. The molecule has 170 valence electrons. The number of hydrogen-bond donors (Lipinski definition) is 2.